The molecule has 6 nitrogen and oxygen atoms in total. The van der Waals surface area contributed by atoms with Crippen molar-refractivity contribution in [2.75, 3.05) is 13.2 Å². The van der Waals surface area contributed by atoms with Crippen molar-refractivity contribution in [1.82, 2.24) is 4.57 Å². The molecule has 1 aliphatic heterocycles. The maximum absolute atomic E-state index is 13.7. The van der Waals surface area contributed by atoms with Gasteiger partial charge >= 0.3 is 5.97 Å². The third kappa shape index (κ3) is 5.05. The Hall–Kier alpha value is -2.56. The second-order valence-electron chi connectivity index (χ2n) is 7.59. The van der Waals surface area contributed by atoms with Gasteiger partial charge in [0.05, 0.1) is 39.5 Å². The van der Waals surface area contributed by atoms with Gasteiger partial charge in [-0.05, 0) is 72.6 Å². The first-order chi connectivity index (χ1) is 16.7. The van der Waals surface area contributed by atoms with E-state index in [0.717, 1.165) is 8.95 Å². The Labute approximate surface area is 221 Å². The van der Waals surface area contributed by atoms with E-state index >= 15 is 0 Å². The summed E-state index contributed by atoms with van der Waals surface area (Å²) in [5.74, 6) is -0.366. The number of fused-ring (bicyclic) bond motifs is 1. The summed E-state index contributed by atoms with van der Waals surface area (Å²) in [6.45, 7) is 5.93. The number of nitrogens with zero attached hydrogens (tertiary/aromatic N) is 2. The molecule has 0 N–H and O–H groups in total. The number of hydrogen-bond donors (Lipinski definition) is 0. The second-order valence-corrected chi connectivity index (χ2v) is 10.4. The maximum atomic E-state index is 13.7. The highest BCUT2D eigenvalue weighted by atomic mass is 79.9. The number of rotatable bonds is 6. The van der Waals surface area contributed by atoms with Crippen molar-refractivity contribution in [1.29, 1.82) is 0 Å². The normalized spacial score (nSPS) is 15.6. The van der Waals surface area contributed by atoms with Crippen LogP contribution in [0, 0.1) is 5.82 Å². The van der Waals surface area contributed by atoms with Crippen LogP contribution in [-0.4, -0.2) is 23.8 Å². The molecule has 35 heavy (non-hydrogen) atoms. The fraction of sp³-hybridized carbons (Fsp3) is 0.240. The lowest BCUT2D eigenvalue weighted by Crippen LogP contribution is -2.39. The molecule has 0 saturated heterocycles. The van der Waals surface area contributed by atoms with E-state index in [-0.39, 0.29) is 17.7 Å². The summed E-state index contributed by atoms with van der Waals surface area (Å²) < 4.78 is 28.2. The molecule has 1 aromatic heterocycles. The molecular weight excluding hydrogens is 603 g/mol. The summed E-state index contributed by atoms with van der Waals surface area (Å²) in [5.41, 5.74) is 1.66. The lowest BCUT2D eigenvalue weighted by atomic mass is 9.96. The van der Waals surface area contributed by atoms with E-state index in [1.807, 2.05) is 19.1 Å². The van der Waals surface area contributed by atoms with Crippen molar-refractivity contribution in [2.24, 2.45) is 4.99 Å². The number of halogens is 3. The minimum absolute atomic E-state index is 0.175. The first-order valence-electron chi connectivity index (χ1n) is 10.8. The number of aromatic nitrogens is 1. The molecule has 0 unspecified atom stereocenters. The highest BCUT2D eigenvalue weighted by Gasteiger charge is 2.33. The lowest BCUT2D eigenvalue weighted by molar-refractivity contribution is -0.139. The zero-order valence-electron chi connectivity index (χ0n) is 19.1. The summed E-state index contributed by atoms with van der Waals surface area (Å²) in [5, 5.41) is 0. The molecule has 0 amide bonds. The average molecular weight is 624 g/mol. The van der Waals surface area contributed by atoms with Crippen LogP contribution in [0.15, 0.2) is 66.4 Å². The summed E-state index contributed by atoms with van der Waals surface area (Å²) in [4.78, 5) is 31.6. The monoisotopic (exact) mass is 622 g/mol. The van der Waals surface area contributed by atoms with Gasteiger partial charge in [-0.3, -0.25) is 9.36 Å². The molecule has 0 radical (unpaired) electrons. The quantitative estimate of drug-likeness (QED) is 0.368. The second kappa shape index (κ2) is 10.6. The molecule has 2 aromatic carbocycles. The maximum Gasteiger partial charge on any atom is 0.338 e. The van der Waals surface area contributed by atoms with Crippen LogP contribution in [0.3, 0.4) is 0 Å². The minimum atomic E-state index is -0.798. The van der Waals surface area contributed by atoms with Gasteiger partial charge in [-0.25, -0.2) is 14.2 Å². The van der Waals surface area contributed by atoms with Crippen molar-refractivity contribution in [3.05, 3.63) is 93.2 Å². The summed E-state index contributed by atoms with van der Waals surface area (Å²) >= 11 is 8.21. The molecule has 0 spiro atoms. The van der Waals surface area contributed by atoms with Crippen LogP contribution in [-0.2, 0) is 9.53 Å². The number of carbonyl (C=O) groups excluding carboxylic acids is 1. The van der Waals surface area contributed by atoms with Crippen LogP contribution >= 0.6 is 43.2 Å². The first-order valence-corrected chi connectivity index (χ1v) is 13.2. The molecule has 1 atom stereocenters. The van der Waals surface area contributed by atoms with Gasteiger partial charge in [-0.1, -0.05) is 39.4 Å². The van der Waals surface area contributed by atoms with Crippen LogP contribution in [0.4, 0.5) is 4.39 Å². The average Bonchev–Trinajstić information content (AvgIpc) is 3.10. The van der Waals surface area contributed by atoms with Gasteiger partial charge < -0.3 is 9.47 Å². The van der Waals surface area contributed by atoms with Gasteiger partial charge in [-0.2, -0.15) is 0 Å². The van der Waals surface area contributed by atoms with Crippen LogP contribution in [0.2, 0.25) is 0 Å². The van der Waals surface area contributed by atoms with Crippen molar-refractivity contribution < 1.29 is 18.7 Å². The van der Waals surface area contributed by atoms with Crippen LogP contribution in [0.1, 0.15) is 37.9 Å². The topological polar surface area (TPSA) is 69.9 Å². The van der Waals surface area contributed by atoms with Gasteiger partial charge in [0.15, 0.2) is 4.80 Å². The molecule has 0 bridgehead atoms. The van der Waals surface area contributed by atoms with E-state index in [2.05, 4.69) is 36.9 Å². The minimum Gasteiger partial charge on any atom is -0.492 e. The Morgan fingerprint density at radius 2 is 1.91 bits per heavy atom. The number of allylic oxidation sites excluding steroid dienone is 1. The molecule has 1 aliphatic rings. The van der Waals surface area contributed by atoms with E-state index in [1.165, 1.54) is 28.0 Å². The van der Waals surface area contributed by atoms with E-state index in [4.69, 9.17) is 9.47 Å². The lowest BCUT2D eigenvalue weighted by Gasteiger charge is -2.24. The molecule has 182 valence electrons. The third-order valence-electron chi connectivity index (χ3n) is 5.32. The Morgan fingerprint density at radius 3 is 2.57 bits per heavy atom. The number of esters is 1. The Balaban J connectivity index is 1.97. The number of benzene rings is 2. The van der Waals surface area contributed by atoms with Crippen molar-refractivity contribution in [3.8, 4) is 5.75 Å². The number of ether oxygens (including phenoxy) is 2. The third-order valence-corrected chi connectivity index (χ3v) is 7.34. The van der Waals surface area contributed by atoms with Crippen molar-refractivity contribution in [3.63, 3.8) is 0 Å². The van der Waals surface area contributed by atoms with Gasteiger partial charge in [0.25, 0.3) is 5.56 Å². The standard InChI is InChI=1S/C25H21Br2FN2O4S/c1-4-33-22-15(10-16(26)12-18(22)27)11-19-23(31)30-21(14-6-8-17(28)9-7-14)20(24(32)34-5-2)13(3)29-25(30)35-19/h6-12,21H,4-5H2,1-3H3/b19-11-/t21-/m0/s1. The molecule has 4 rings (SSSR count). The van der Waals surface area contributed by atoms with E-state index in [9.17, 15) is 14.0 Å². The summed E-state index contributed by atoms with van der Waals surface area (Å²) in [6.07, 6.45) is 1.75. The number of carbonyl (C=O) groups is 1. The number of hydrogen-bond acceptors (Lipinski definition) is 6. The molecular formula is C25H21Br2FN2O4S. The van der Waals surface area contributed by atoms with Crippen LogP contribution < -0.4 is 19.6 Å². The fourth-order valence-corrected chi connectivity index (χ4v) is 6.29. The van der Waals surface area contributed by atoms with Gasteiger partial charge in [0.1, 0.15) is 11.6 Å². The zero-order valence-corrected chi connectivity index (χ0v) is 23.1. The molecule has 0 saturated carbocycles. The molecule has 0 fully saturated rings. The van der Waals surface area contributed by atoms with Crippen LogP contribution in [0.5, 0.6) is 5.75 Å². The number of thiazole rings is 1. The highest BCUT2D eigenvalue weighted by molar-refractivity contribution is 9.11. The zero-order chi connectivity index (χ0) is 25.3. The smallest absolute Gasteiger partial charge is 0.338 e. The molecule has 3 aromatic rings. The predicted molar refractivity (Wildman–Crippen MR) is 140 cm³/mol. The Kier molecular flexibility index (Phi) is 7.73. The summed E-state index contributed by atoms with van der Waals surface area (Å²) in [6, 6.07) is 8.66. The van der Waals surface area contributed by atoms with Gasteiger partial charge in [0.2, 0.25) is 0 Å². The highest BCUT2D eigenvalue weighted by Crippen LogP contribution is 2.34. The first kappa shape index (κ1) is 25.5. The molecule has 0 aliphatic carbocycles. The summed E-state index contributed by atoms with van der Waals surface area (Å²) in [7, 11) is 0. The van der Waals surface area contributed by atoms with E-state index in [1.54, 1.807) is 32.1 Å². The largest absolute Gasteiger partial charge is 0.492 e. The van der Waals surface area contributed by atoms with Gasteiger partial charge in [0, 0.05) is 10.0 Å². The van der Waals surface area contributed by atoms with E-state index in [0.29, 0.717) is 38.5 Å². The van der Waals surface area contributed by atoms with Crippen molar-refractivity contribution in [2.45, 2.75) is 26.8 Å². The van der Waals surface area contributed by atoms with E-state index < -0.39 is 17.8 Å². The van der Waals surface area contributed by atoms with Gasteiger partial charge in [-0.15, -0.1) is 0 Å². The molecule has 2 heterocycles. The Morgan fingerprint density at radius 1 is 1.20 bits per heavy atom. The SMILES string of the molecule is CCOC(=O)C1=C(C)N=c2s/c(=C\c3cc(Br)cc(Br)c3OCC)c(=O)n2[C@H]1c1ccc(F)cc1. The molecule has 10 heteroatoms. The van der Waals surface area contributed by atoms with Crippen LogP contribution in [0.25, 0.3) is 6.08 Å². The Bertz CT molecular complexity index is 1510. The fourth-order valence-electron chi connectivity index (χ4n) is 3.88. The predicted octanol–water partition coefficient (Wildman–Crippen LogP) is 4.86. The van der Waals surface area contributed by atoms with Crippen molar-refractivity contribution >= 4 is 55.2 Å².